The van der Waals surface area contributed by atoms with Gasteiger partial charge in [-0.25, -0.2) is 0 Å². The van der Waals surface area contributed by atoms with Crippen LogP contribution < -0.4 is 3.32 Å². The number of aromatic nitrogens is 1. The first-order valence-electron chi connectivity index (χ1n) is 2.18. The van der Waals surface area contributed by atoms with Gasteiger partial charge in [-0.3, -0.25) is 0 Å². The molecule has 0 amide bonds. The molecule has 0 aliphatic rings. The molecular formula is C5H6Cl2NOTi. The molecule has 0 bridgehead atoms. The van der Waals surface area contributed by atoms with Gasteiger partial charge in [-0.2, -0.15) is 0 Å². The zero-order valence-electron chi connectivity index (χ0n) is 4.98. The van der Waals surface area contributed by atoms with Gasteiger partial charge >= 0.3 is 59.4 Å². The molecule has 0 aromatic carbocycles. The van der Waals surface area contributed by atoms with Crippen molar-refractivity contribution >= 4 is 24.8 Å². The Hall–Kier alpha value is 0.244. The number of hydrogen-bond acceptors (Lipinski definition) is 2. The third kappa shape index (κ3) is 4.12. The Morgan fingerprint density at radius 2 is 2.00 bits per heavy atom. The standard InChI is InChI=1S/C5H5NO.2ClH.Ti/c7-5-3-1-2-4-6-5;;;/h1-4H,(H,6,7);2*1H;/q;;;+1/p-1. The zero-order valence-corrected chi connectivity index (χ0v) is 8.18. The molecule has 5 heteroatoms. The van der Waals surface area contributed by atoms with Crippen molar-refractivity contribution in [1.29, 1.82) is 0 Å². The summed E-state index contributed by atoms with van der Waals surface area (Å²) < 4.78 is 4.80. The van der Waals surface area contributed by atoms with Crippen LogP contribution in [-0.2, 0) is 20.8 Å². The number of halogens is 2. The van der Waals surface area contributed by atoms with E-state index in [-0.39, 0.29) is 24.8 Å². The molecule has 55 valence electrons. The summed E-state index contributed by atoms with van der Waals surface area (Å²) in [5.41, 5.74) is 0. The van der Waals surface area contributed by atoms with Crippen LogP contribution in [0.2, 0.25) is 0 Å². The molecule has 0 aliphatic heterocycles. The van der Waals surface area contributed by atoms with Gasteiger partial charge in [-0.05, 0) is 0 Å². The average molecular weight is 215 g/mol. The molecule has 1 aromatic heterocycles. The molecular weight excluding hydrogens is 209 g/mol. The summed E-state index contributed by atoms with van der Waals surface area (Å²) in [6, 6.07) is 5.54. The van der Waals surface area contributed by atoms with Crippen LogP contribution in [-0.4, -0.2) is 4.98 Å². The van der Waals surface area contributed by atoms with Crippen LogP contribution in [0.4, 0.5) is 0 Å². The number of hydrogen-bond donors (Lipinski definition) is 0. The topological polar surface area (TPSA) is 22.1 Å². The zero-order chi connectivity index (χ0) is 5.82. The van der Waals surface area contributed by atoms with Crippen molar-refractivity contribution in [2.24, 2.45) is 0 Å². The van der Waals surface area contributed by atoms with Gasteiger partial charge in [0.25, 0.3) is 0 Å². The summed E-state index contributed by atoms with van der Waals surface area (Å²) in [6.07, 6.45) is 1.69. The predicted octanol–water partition coefficient (Wildman–Crippen LogP) is 1.77. The molecule has 0 fully saturated rings. The summed E-state index contributed by atoms with van der Waals surface area (Å²) in [4.78, 5) is 3.88. The second-order valence-corrected chi connectivity index (χ2v) is 1.59. The van der Waals surface area contributed by atoms with Crippen LogP contribution in [0.1, 0.15) is 0 Å². The second-order valence-electron chi connectivity index (χ2n) is 1.27. The average Bonchev–Trinajstić information content (AvgIpc) is 1.90. The van der Waals surface area contributed by atoms with Gasteiger partial charge in [0, 0.05) is 0 Å². The molecule has 1 heterocycles. The van der Waals surface area contributed by atoms with Crippen LogP contribution in [0.3, 0.4) is 0 Å². The van der Waals surface area contributed by atoms with Crippen LogP contribution >= 0.6 is 24.8 Å². The first-order valence-corrected chi connectivity index (χ1v) is 2.82. The van der Waals surface area contributed by atoms with Crippen molar-refractivity contribution in [1.82, 2.24) is 4.98 Å². The number of rotatable bonds is 1. The maximum atomic E-state index is 4.80. The fourth-order valence-corrected chi connectivity index (χ4v) is 0.596. The van der Waals surface area contributed by atoms with E-state index in [1.54, 1.807) is 33.1 Å². The molecule has 0 radical (unpaired) electrons. The molecule has 0 atom stereocenters. The Bertz CT molecular complexity index is 161. The molecule has 0 saturated heterocycles. The molecule has 1 rings (SSSR count). The van der Waals surface area contributed by atoms with Crippen molar-refractivity contribution < 1.29 is 24.1 Å². The van der Waals surface area contributed by atoms with Crippen LogP contribution in [0.15, 0.2) is 24.4 Å². The van der Waals surface area contributed by atoms with Gasteiger partial charge in [-0.15, -0.1) is 24.8 Å². The summed E-state index contributed by atoms with van der Waals surface area (Å²) in [5, 5.41) is 0. The van der Waals surface area contributed by atoms with E-state index >= 15 is 0 Å². The molecule has 0 saturated carbocycles. The minimum absolute atomic E-state index is 0. The first-order chi connectivity index (χ1) is 3.93. The van der Waals surface area contributed by atoms with E-state index in [1.165, 1.54) is 0 Å². The van der Waals surface area contributed by atoms with Crippen molar-refractivity contribution in [3.63, 3.8) is 0 Å². The second kappa shape index (κ2) is 7.35. The summed E-state index contributed by atoms with van der Waals surface area (Å²) in [7, 11) is 0. The van der Waals surface area contributed by atoms with Gasteiger partial charge < -0.3 is 0 Å². The van der Waals surface area contributed by atoms with E-state index in [1.807, 2.05) is 12.1 Å². The van der Waals surface area contributed by atoms with Crippen molar-refractivity contribution in [2.45, 2.75) is 0 Å². The summed E-state index contributed by atoms with van der Waals surface area (Å²) >= 11 is 1.60. The fraction of sp³-hybridized carbons (Fsp3) is 0. The predicted molar refractivity (Wildman–Crippen MR) is 39.4 cm³/mol. The molecule has 0 unspecified atom stereocenters. The molecule has 10 heavy (non-hydrogen) atoms. The Morgan fingerprint density at radius 1 is 1.30 bits per heavy atom. The number of nitrogens with zero attached hydrogens (tertiary/aromatic N) is 1. The number of pyridine rings is 1. The van der Waals surface area contributed by atoms with E-state index < -0.39 is 0 Å². The quantitative estimate of drug-likeness (QED) is 0.665. The van der Waals surface area contributed by atoms with E-state index in [4.69, 9.17) is 3.32 Å². The van der Waals surface area contributed by atoms with Crippen LogP contribution in [0, 0.1) is 0 Å². The molecule has 1 aromatic rings. The normalized spacial score (nSPS) is 6.70. The van der Waals surface area contributed by atoms with Crippen LogP contribution in [0.25, 0.3) is 0 Å². The van der Waals surface area contributed by atoms with E-state index in [9.17, 15) is 0 Å². The van der Waals surface area contributed by atoms with Crippen molar-refractivity contribution in [3.05, 3.63) is 24.4 Å². The first kappa shape index (κ1) is 12.9. The van der Waals surface area contributed by atoms with E-state index in [0.29, 0.717) is 5.88 Å². The van der Waals surface area contributed by atoms with Gasteiger partial charge in [0.1, 0.15) is 0 Å². The monoisotopic (exact) mass is 214 g/mol. The van der Waals surface area contributed by atoms with Gasteiger partial charge in [-0.1, -0.05) is 0 Å². The molecule has 2 nitrogen and oxygen atoms in total. The maximum absolute atomic E-state index is 4.80. The summed E-state index contributed by atoms with van der Waals surface area (Å²) in [5.74, 6) is 0.660. The molecule has 0 aliphatic carbocycles. The Labute approximate surface area is 84.1 Å². The van der Waals surface area contributed by atoms with Gasteiger partial charge in [0.15, 0.2) is 0 Å². The van der Waals surface area contributed by atoms with Crippen molar-refractivity contribution in [2.75, 3.05) is 0 Å². The Morgan fingerprint density at radius 3 is 2.30 bits per heavy atom. The molecule has 0 spiro atoms. The van der Waals surface area contributed by atoms with Gasteiger partial charge in [0.2, 0.25) is 0 Å². The van der Waals surface area contributed by atoms with Gasteiger partial charge in [0.05, 0.1) is 0 Å². The third-order valence-electron chi connectivity index (χ3n) is 0.742. The third-order valence-corrected chi connectivity index (χ3v) is 1.07. The minimum atomic E-state index is 0. The fourth-order valence-electron chi connectivity index (χ4n) is 0.407. The SMILES string of the molecule is Cl.Cl.[Ti][O]c1ccccn1. The van der Waals surface area contributed by atoms with E-state index in [2.05, 4.69) is 4.98 Å². The Balaban J connectivity index is 0. The molecule has 0 N–H and O–H groups in total. The summed E-state index contributed by atoms with van der Waals surface area (Å²) in [6.45, 7) is 0. The van der Waals surface area contributed by atoms with E-state index in [0.717, 1.165) is 0 Å². The van der Waals surface area contributed by atoms with Crippen LogP contribution in [0.5, 0.6) is 5.88 Å². The van der Waals surface area contributed by atoms with Crippen molar-refractivity contribution in [3.8, 4) is 5.88 Å². The Kier molecular flexibility index (Phi) is 9.47.